The summed E-state index contributed by atoms with van der Waals surface area (Å²) in [7, 11) is 0. The van der Waals surface area contributed by atoms with E-state index in [4.69, 9.17) is 4.74 Å². The standard InChI is InChI=1S/C30H50O5/c1-6-17-35-20-9-14-30(25(33)34)16-15-28(4)19(24(20)30)7-8-22-26(2)12-11-23(32)27(3,18-31)21(26)10-13-29(22,28)5/h19-24,31-32H,6-18H2,1-5H3,(H,33,34)/t19?,20-,21?,22?,23+,24?,26+,27+,28-,29-,30?/m1/s1. The van der Waals surface area contributed by atoms with Crippen molar-refractivity contribution in [2.75, 3.05) is 13.2 Å². The molecule has 0 bridgehead atoms. The van der Waals surface area contributed by atoms with E-state index in [0.29, 0.717) is 17.8 Å². The van der Waals surface area contributed by atoms with E-state index in [1.807, 2.05) is 0 Å². The molecule has 0 aliphatic heterocycles. The van der Waals surface area contributed by atoms with Crippen LogP contribution in [0.2, 0.25) is 0 Å². The largest absolute Gasteiger partial charge is 0.481 e. The summed E-state index contributed by atoms with van der Waals surface area (Å²) in [6, 6.07) is 0. The zero-order valence-corrected chi connectivity index (χ0v) is 22.8. The van der Waals surface area contributed by atoms with Crippen LogP contribution >= 0.6 is 0 Å². The lowest BCUT2D eigenvalue weighted by molar-refractivity contribution is -0.257. The second-order valence-electron chi connectivity index (χ2n) is 14.3. The molecule has 5 heteroatoms. The fourth-order valence-corrected chi connectivity index (χ4v) is 11.4. The molecule has 0 amide bonds. The van der Waals surface area contributed by atoms with Crippen LogP contribution in [0.4, 0.5) is 0 Å². The Morgan fingerprint density at radius 3 is 2.29 bits per heavy atom. The molecule has 0 aromatic carbocycles. The van der Waals surface area contributed by atoms with Gasteiger partial charge in [-0.15, -0.1) is 0 Å². The molecule has 0 spiro atoms. The molecule has 0 heterocycles. The van der Waals surface area contributed by atoms with Gasteiger partial charge in [0.25, 0.3) is 0 Å². The predicted octanol–water partition coefficient (Wildman–Crippen LogP) is 5.66. The van der Waals surface area contributed by atoms with Crippen LogP contribution in [-0.2, 0) is 9.53 Å². The average Bonchev–Trinajstić information content (AvgIpc) is 3.21. The van der Waals surface area contributed by atoms with Crippen LogP contribution in [0.15, 0.2) is 0 Å². The summed E-state index contributed by atoms with van der Waals surface area (Å²) >= 11 is 0. The summed E-state index contributed by atoms with van der Waals surface area (Å²) in [5, 5.41) is 31.9. The minimum atomic E-state index is -0.614. The van der Waals surface area contributed by atoms with Crippen LogP contribution in [0.1, 0.15) is 105 Å². The number of aliphatic carboxylic acids is 1. The Bertz CT molecular complexity index is 845. The highest BCUT2D eigenvalue weighted by atomic mass is 16.5. The topological polar surface area (TPSA) is 87.0 Å². The third-order valence-corrected chi connectivity index (χ3v) is 13.5. The molecule has 5 saturated carbocycles. The van der Waals surface area contributed by atoms with Gasteiger partial charge in [-0.25, -0.2) is 0 Å². The first kappa shape index (κ1) is 26.0. The first-order valence-corrected chi connectivity index (χ1v) is 14.6. The minimum Gasteiger partial charge on any atom is -0.481 e. The molecular weight excluding hydrogens is 440 g/mol. The molecule has 200 valence electrons. The van der Waals surface area contributed by atoms with Crippen molar-refractivity contribution in [3.63, 3.8) is 0 Å². The zero-order chi connectivity index (χ0) is 25.4. The Balaban J connectivity index is 1.53. The van der Waals surface area contributed by atoms with Gasteiger partial charge in [-0.2, -0.15) is 0 Å². The molecule has 35 heavy (non-hydrogen) atoms. The van der Waals surface area contributed by atoms with Crippen LogP contribution in [0, 0.1) is 50.7 Å². The first-order valence-electron chi connectivity index (χ1n) is 14.6. The van der Waals surface area contributed by atoms with Gasteiger partial charge in [-0.05, 0) is 105 Å². The summed E-state index contributed by atoms with van der Waals surface area (Å²) in [6.45, 7) is 12.5. The fourth-order valence-electron chi connectivity index (χ4n) is 11.4. The summed E-state index contributed by atoms with van der Waals surface area (Å²) < 4.78 is 6.40. The van der Waals surface area contributed by atoms with Gasteiger partial charge in [0.2, 0.25) is 0 Å². The van der Waals surface area contributed by atoms with Gasteiger partial charge in [0.15, 0.2) is 0 Å². The lowest BCUT2D eigenvalue weighted by Crippen LogP contribution is -2.68. The molecule has 0 radical (unpaired) electrons. The normalized spacial score (nSPS) is 55.4. The second kappa shape index (κ2) is 8.43. The SMILES string of the molecule is CCCO[C@@H]1CCC2(C(=O)O)CC[C@]3(C)C(CCC4[C@@]5(C)CC[C@H](O)[C@@](C)(CO)C5CC[C@]43C)C12. The number of carboxylic acids is 1. The number of hydrogen-bond acceptors (Lipinski definition) is 4. The number of aliphatic hydroxyl groups excluding tert-OH is 2. The maximum Gasteiger partial charge on any atom is 0.310 e. The Hall–Kier alpha value is -0.650. The molecule has 11 atom stereocenters. The van der Waals surface area contributed by atoms with E-state index < -0.39 is 22.9 Å². The molecule has 5 fully saturated rings. The molecule has 0 saturated heterocycles. The van der Waals surface area contributed by atoms with E-state index in [0.717, 1.165) is 77.2 Å². The van der Waals surface area contributed by atoms with Crippen molar-refractivity contribution in [1.29, 1.82) is 0 Å². The lowest BCUT2D eigenvalue weighted by atomic mass is 9.32. The van der Waals surface area contributed by atoms with E-state index in [1.165, 1.54) is 0 Å². The van der Waals surface area contributed by atoms with Crippen molar-refractivity contribution in [2.45, 2.75) is 117 Å². The average molecular weight is 491 g/mol. The molecule has 5 aliphatic rings. The van der Waals surface area contributed by atoms with E-state index in [2.05, 4.69) is 34.6 Å². The maximum absolute atomic E-state index is 12.8. The van der Waals surface area contributed by atoms with Crippen molar-refractivity contribution in [1.82, 2.24) is 0 Å². The number of aliphatic hydroxyl groups is 2. The van der Waals surface area contributed by atoms with Crippen LogP contribution in [-0.4, -0.2) is 46.7 Å². The number of hydrogen-bond donors (Lipinski definition) is 3. The molecule has 0 aromatic heterocycles. The van der Waals surface area contributed by atoms with Gasteiger partial charge in [0.05, 0.1) is 24.2 Å². The molecule has 0 aromatic rings. The molecular formula is C30H50O5. The highest BCUT2D eigenvalue weighted by Gasteiger charge is 2.72. The van der Waals surface area contributed by atoms with Crippen LogP contribution in [0.25, 0.3) is 0 Å². The summed E-state index contributed by atoms with van der Waals surface area (Å²) in [5.74, 6) is 0.786. The highest BCUT2D eigenvalue weighted by Crippen LogP contribution is 2.76. The summed E-state index contributed by atoms with van der Waals surface area (Å²) in [4.78, 5) is 12.8. The zero-order valence-electron chi connectivity index (χ0n) is 22.8. The third-order valence-electron chi connectivity index (χ3n) is 13.5. The van der Waals surface area contributed by atoms with Crippen molar-refractivity contribution in [3.05, 3.63) is 0 Å². The van der Waals surface area contributed by atoms with Gasteiger partial charge in [0.1, 0.15) is 0 Å². The molecule has 5 rings (SSSR count). The number of ether oxygens (including phenoxy) is 1. The molecule has 5 aliphatic carbocycles. The van der Waals surface area contributed by atoms with Gasteiger partial charge < -0.3 is 20.1 Å². The quantitative estimate of drug-likeness (QED) is 0.463. The maximum atomic E-state index is 12.8. The highest BCUT2D eigenvalue weighted by molar-refractivity contribution is 5.76. The molecule has 5 unspecified atom stereocenters. The van der Waals surface area contributed by atoms with Gasteiger partial charge in [-0.1, -0.05) is 34.6 Å². The van der Waals surface area contributed by atoms with Gasteiger partial charge in [0, 0.05) is 17.9 Å². The van der Waals surface area contributed by atoms with E-state index in [-0.39, 0.29) is 34.9 Å². The fraction of sp³-hybridized carbons (Fsp3) is 0.967. The molecule has 5 nitrogen and oxygen atoms in total. The number of rotatable bonds is 5. The van der Waals surface area contributed by atoms with Crippen molar-refractivity contribution in [3.8, 4) is 0 Å². The Morgan fingerprint density at radius 2 is 1.63 bits per heavy atom. The van der Waals surface area contributed by atoms with Crippen molar-refractivity contribution in [2.24, 2.45) is 50.7 Å². The van der Waals surface area contributed by atoms with Crippen LogP contribution < -0.4 is 0 Å². The minimum absolute atomic E-state index is 0.0530. The van der Waals surface area contributed by atoms with Crippen LogP contribution in [0.5, 0.6) is 0 Å². The lowest BCUT2D eigenvalue weighted by Gasteiger charge is -2.72. The molecule has 3 N–H and O–H groups in total. The van der Waals surface area contributed by atoms with E-state index >= 15 is 0 Å². The van der Waals surface area contributed by atoms with E-state index in [9.17, 15) is 20.1 Å². The van der Waals surface area contributed by atoms with Crippen LogP contribution in [0.3, 0.4) is 0 Å². The summed E-state index contributed by atoms with van der Waals surface area (Å²) in [5.41, 5.74) is -0.703. The Morgan fingerprint density at radius 1 is 0.886 bits per heavy atom. The van der Waals surface area contributed by atoms with Gasteiger partial charge in [-0.3, -0.25) is 4.79 Å². The first-order chi connectivity index (χ1) is 16.4. The Labute approximate surface area is 212 Å². The smallest absolute Gasteiger partial charge is 0.310 e. The van der Waals surface area contributed by atoms with Crippen molar-refractivity contribution >= 4 is 5.97 Å². The Kier molecular flexibility index (Phi) is 6.26. The number of fused-ring (bicyclic) bond motifs is 7. The van der Waals surface area contributed by atoms with Crippen molar-refractivity contribution < 1.29 is 24.9 Å². The van der Waals surface area contributed by atoms with E-state index in [1.54, 1.807) is 0 Å². The van der Waals surface area contributed by atoms with Gasteiger partial charge >= 0.3 is 5.97 Å². The third kappa shape index (κ3) is 3.19. The monoisotopic (exact) mass is 490 g/mol. The second-order valence-corrected chi connectivity index (χ2v) is 14.3. The number of carbonyl (C=O) groups is 1. The summed E-state index contributed by atoms with van der Waals surface area (Å²) in [6.07, 6.45) is 10.2. The predicted molar refractivity (Wildman–Crippen MR) is 136 cm³/mol. The number of carboxylic acid groups (broad SMARTS) is 1.